The summed E-state index contributed by atoms with van der Waals surface area (Å²) in [6, 6.07) is 0.667. The minimum Gasteiger partial charge on any atom is -0.272 e. The van der Waals surface area contributed by atoms with Crippen molar-refractivity contribution in [3.63, 3.8) is 0 Å². The van der Waals surface area contributed by atoms with Crippen molar-refractivity contribution in [1.29, 1.82) is 0 Å². The van der Waals surface area contributed by atoms with Crippen LogP contribution in [0.1, 0.15) is 26.7 Å². The first kappa shape index (κ1) is 4.77. The summed E-state index contributed by atoms with van der Waals surface area (Å²) in [7, 11) is 0. The molecule has 1 unspecified atom stereocenters. The highest BCUT2D eigenvalue weighted by atomic mass is 16.9. The van der Waals surface area contributed by atoms with Gasteiger partial charge in [-0.15, -0.1) is 0 Å². The van der Waals surface area contributed by atoms with E-state index in [-0.39, 0.29) is 5.72 Å². The van der Waals surface area contributed by atoms with Gasteiger partial charge in [0.05, 0.1) is 0 Å². The van der Waals surface area contributed by atoms with Gasteiger partial charge in [-0.3, -0.25) is 4.84 Å². The Bertz CT molecular complexity index is 126. The predicted molar refractivity (Wildman–Crippen MR) is 30.0 cm³/mol. The molecule has 0 saturated carbocycles. The van der Waals surface area contributed by atoms with E-state index in [4.69, 9.17) is 4.84 Å². The summed E-state index contributed by atoms with van der Waals surface area (Å²) in [5.41, 5.74) is 0.166. The third-order valence-corrected chi connectivity index (χ3v) is 2.16. The van der Waals surface area contributed by atoms with E-state index in [1.807, 2.05) is 0 Å². The monoisotopic (exact) mass is 113 g/mol. The number of fused-ring (bicyclic) bond motifs is 1. The summed E-state index contributed by atoms with van der Waals surface area (Å²) < 4.78 is 0. The molecule has 8 heavy (non-hydrogen) atoms. The summed E-state index contributed by atoms with van der Waals surface area (Å²) in [5.74, 6) is 0. The Kier molecular flexibility index (Phi) is 0.649. The largest absolute Gasteiger partial charge is 0.272 e. The van der Waals surface area contributed by atoms with Gasteiger partial charge in [-0.25, -0.2) is 0 Å². The van der Waals surface area contributed by atoms with Gasteiger partial charge in [0.25, 0.3) is 0 Å². The van der Waals surface area contributed by atoms with Crippen LogP contribution in [0.4, 0.5) is 0 Å². The van der Waals surface area contributed by atoms with Crippen LogP contribution in [0.15, 0.2) is 0 Å². The number of rotatable bonds is 0. The fraction of sp³-hybridized carbons (Fsp3) is 1.00. The number of nitrogens with zero attached hydrogens (tertiary/aromatic N) is 1. The summed E-state index contributed by atoms with van der Waals surface area (Å²) >= 11 is 0. The van der Waals surface area contributed by atoms with Gasteiger partial charge < -0.3 is 0 Å². The maximum atomic E-state index is 5.29. The Morgan fingerprint density at radius 3 is 2.62 bits per heavy atom. The standard InChI is InChI=1S/C6H11NO/c1-5-3-4-6(2)7(5)8-6/h5H,3-4H2,1-2H3/t5-,6-,7?/m0/s1. The number of hydroxylamine groups is 2. The minimum absolute atomic E-state index is 0.166. The van der Waals surface area contributed by atoms with E-state index >= 15 is 0 Å². The van der Waals surface area contributed by atoms with Crippen LogP contribution in [0.3, 0.4) is 0 Å². The van der Waals surface area contributed by atoms with Gasteiger partial charge in [0.15, 0.2) is 5.72 Å². The summed E-state index contributed by atoms with van der Waals surface area (Å²) in [6.45, 7) is 4.36. The molecule has 2 aliphatic rings. The van der Waals surface area contributed by atoms with E-state index < -0.39 is 0 Å². The van der Waals surface area contributed by atoms with Gasteiger partial charge in [-0.2, -0.15) is 5.06 Å². The summed E-state index contributed by atoms with van der Waals surface area (Å²) in [4.78, 5) is 5.29. The van der Waals surface area contributed by atoms with Crippen LogP contribution >= 0.6 is 0 Å². The Morgan fingerprint density at radius 2 is 2.50 bits per heavy atom. The molecule has 0 radical (unpaired) electrons. The van der Waals surface area contributed by atoms with Crippen molar-refractivity contribution in [1.82, 2.24) is 5.06 Å². The smallest absolute Gasteiger partial charge is 0.162 e. The molecule has 2 heteroatoms. The molecular formula is C6H11NO. The molecule has 2 aliphatic heterocycles. The van der Waals surface area contributed by atoms with Crippen LogP contribution in [-0.2, 0) is 4.84 Å². The minimum atomic E-state index is 0.166. The maximum absolute atomic E-state index is 5.29. The van der Waals surface area contributed by atoms with Crippen molar-refractivity contribution in [2.45, 2.75) is 38.5 Å². The van der Waals surface area contributed by atoms with E-state index in [2.05, 4.69) is 18.9 Å². The first-order chi connectivity index (χ1) is 3.72. The second-order valence-corrected chi connectivity index (χ2v) is 2.98. The third kappa shape index (κ3) is 0.400. The highest BCUT2D eigenvalue weighted by Gasteiger charge is 2.57. The Hall–Kier alpha value is -0.0800. The molecule has 0 aromatic rings. The molecule has 2 rings (SSSR count). The van der Waals surface area contributed by atoms with E-state index in [0.717, 1.165) is 0 Å². The van der Waals surface area contributed by atoms with E-state index in [1.54, 1.807) is 0 Å². The average Bonchev–Trinajstić information content (AvgIpc) is 2.32. The van der Waals surface area contributed by atoms with Crippen LogP contribution in [0.2, 0.25) is 0 Å². The van der Waals surface area contributed by atoms with Crippen molar-refractivity contribution in [2.24, 2.45) is 0 Å². The molecule has 2 nitrogen and oxygen atoms in total. The summed E-state index contributed by atoms with van der Waals surface area (Å²) in [6.07, 6.45) is 2.52. The normalized spacial score (nSPS) is 60.8. The van der Waals surface area contributed by atoms with Crippen LogP contribution in [0, 0.1) is 0 Å². The zero-order valence-corrected chi connectivity index (χ0v) is 5.35. The molecular weight excluding hydrogens is 102 g/mol. The summed E-state index contributed by atoms with van der Waals surface area (Å²) in [5, 5.41) is 2.09. The topological polar surface area (TPSA) is 15.5 Å². The SMILES string of the molecule is C[C@H]1CC[C@]2(C)ON12. The lowest BCUT2D eigenvalue weighted by molar-refractivity contribution is 0.133. The Balaban J connectivity index is 2.15. The average molecular weight is 113 g/mol. The lowest BCUT2D eigenvalue weighted by Crippen LogP contribution is -2.10. The molecule has 0 amide bonds. The fourth-order valence-electron chi connectivity index (χ4n) is 1.50. The maximum Gasteiger partial charge on any atom is 0.162 e. The van der Waals surface area contributed by atoms with Gasteiger partial charge in [-0.1, -0.05) is 0 Å². The van der Waals surface area contributed by atoms with Crippen molar-refractivity contribution in [2.75, 3.05) is 0 Å². The molecule has 2 heterocycles. The Morgan fingerprint density at radius 1 is 1.75 bits per heavy atom. The van der Waals surface area contributed by atoms with Crippen molar-refractivity contribution in [3.05, 3.63) is 0 Å². The van der Waals surface area contributed by atoms with Gasteiger partial charge in [0.1, 0.15) is 0 Å². The van der Waals surface area contributed by atoms with E-state index in [9.17, 15) is 0 Å². The highest BCUT2D eigenvalue weighted by molar-refractivity contribution is 4.93. The van der Waals surface area contributed by atoms with Crippen LogP contribution in [0.5, 0.6) is 0 Å². The quantitative estimate of drug-likeness (QED) is 0.438. The molecule has 46 valence electrons. The van der Waals surface area contributed by atoms with Crippen LogP contribution in [0.25, 0.3) is 0 Å². The first-order valence-corrected chi connectivity index (χ1v) is 3.21. The fourth-order valence-corrected chi connectivity index (χ4v) is 1.50. The van der Waals surface area contributed by atoms with E-state index in [1.165, 1.54) is 12.8 Å². The lowest BCUT2D eigenvalue weighted by Gasteiger charge is -1.98. The molecule has 2 saturated heterocycles. The number of hydrogen-bond acceptors (Lipinski definition) is 2. The van der Waals surface area contributed by atoms with Crippen molar-refractivity contribution in [3.8, 4) is 0 Å². The predicted octanol–water partition coefficient (Wildman–Crippen LogP) is 1.13. The molecule has 3 atom stereocenters. The molecule has 0 aromatic carbocycles. The van der Waals surface area contributed by atoms with Crippen LogP contribution < -0.4 is 0 Å². The van der Waals surface area contributed by atoms with Gasteiger partial charge >= 0.3 is 0 Å². The van der Waals surface area contributed by atoms with Gasteiger partial charge in [-0.05, 0) is 26.7 Å². The molecule has 2 fully saturated rings. The van der Waals surface area contributed by atoms with Crippen LogP contribution in [-0.4, -0.2) is 16.8 Å². The van der Waals surface area contributed by atoms with E-state index in [0.29, 0.717) is 6.04 Å². The molecule has 0 spiro atoms. The first-order valence-electron chi connectivity index (χ1n) is 3.21. The number of hydrogen-bond donors (Lipinski definition) is 0. The molecule has 0 aromatic heterocycles. The highest BCUT2D eigenvalue weighted by Crippen LogP contribution is 2.47. The molecule has 0 N–H and O–H groups in total. The zero-order chi connectivity index (χ0) is 5.78. The molecule has 0 bridgehead atoms. The van der Waals surface area contributed by atoms with Crippen molar-refractivity contribution >= 4 is 0 Å². The second kappa shape index (κ2) is 1.09. The van der Waals surface area contributed by atoms with Gasteiger partial charge in [0.2, 0.25) is 0 Å². The van der Waals surface area contributed by atoms with Crippen molar-refractivity contribution < 1.29 is 4.84 Å². The molecule has 0 aliphatic carbocycles. The second-order valence-electron chi connectivity index (χ2n) is 2.98. The third-order valence-electron chi connectivity index (χ3n) is 2.16. The zero-order valence-electron chi connectivity index (χ0n) is 5.35. The lowest BCUT2D eigenvalue weighted by atomic mass is 10.2. The van der Waals surface area contributed by atoms with Gasteiger partial charge in [0, 0.05) is 6.04 Å². The Labute approximate surface area is 49.4 Å².